The normalized spacial score (nSPS) is 11.8. The second kappa shape index (κ2) is 7.78. The molecule has 0 radical (unpaired) electrons. The summed E-state index contributed by atoms with van der Waals surface area (Å²) in [5, 5.41) is 7.73. The van der Waals surface area contributed by atoms with Gasteiger partial charge in [-0.3, -0.25) is 0 Å². The van der Waals surface area contributed by atoms with Crippen molar-refractivity contribution in [3.63, 3.8) is 0 Å². The minimum Gasteiger partial charge on any atom is -0.356 e. The molecule has 0 amide bonds. The summed E-state index contributed by atoms with van der Waals surface area (Å²) in [6.07, 6.45) is 0.951. The number of halogens is 2. The summed E-state index contributed by atoms with van der Waals surface area (Å²) < 4.78 is 0.865. The molecule has 0 aliphatic rings. The van der Waals surface area contributed by atoms with E-state index in [2.05, 4.69) is 45.6 Å². The highest BCUT2D eigenvalue weighted by Crippen LogP contribution is 2.25. The molecule has 0 aliphatic carbocycles. The summed E-state index contributed by atoms with van der Waals surface area (Å²) in [6.45, 7) is 2.13. The Bertz CT molecular complexity index is 619. The van der Waals surface area contributed by atoms with Crippen LogP contribution in [0.3, 0.4) is 0 Å². The van der Waals surface area contributed by atoms with Crippen molar-refractivity contribution in [3.05, 3.63) is 63.6 Å². The minimum atomic E-state index is 0.192. The van der Waals surface area contributed by atoms with Crippen LogP contribution in [-0.2, 0) is 0 Å². The zero-order valence-electron chi connectivity index (χ0n) is 11.6. The summed E-state index contributed by atoms with van der Waals surface area (Å²) in [7, 11) is 0. The fraction of sp³-hybridized carbons (Fsp3) is 0.188. The van der Waals surface area contributed by atoms with E-state index in [0.29, 0.717) is 10.1 Å². The van der Waals surface area contributed by atoms with Crippen LogP contribution in [-0.4, -0.2) is 5.11 Å². The van der Waals surface area contributed by atoms with Crippen molar-refractivity contribution in [2.24, 2.45) is 0 Å². The van der Waals surface area contributed by atoms with Crippen LogP contribution in [0, 0.1) is 0 Å². The molecule has 21 heavy (non-hydrogen) atoms. The van der Waals surface area contributed by atoms with Crippen LogP contribution in [0.5, 0.6) is 0 Å². The molecule has 2 N–H and O–H groups in total. The Morgan fingerprint density at radius 3 is 2.57 bits per heavy atom. The smallest absolute Gasteiger partial charge is 0.171 e. The van der Waals surface area contributed by atoms with E-state index in [1.54, 1.807) is 0 Å². The van der Waals surface area contributed by atoms with Crippen molar-refractivity contribution in [2.45, 2.75) is 19.4 Å². The van der Waals surface area contributed by atoms with Gasteiger partial charge in [-0.25, -0.2) is 0 Å². The van der Waals surface area contributed by atoms with Gasteiger partial charge in [0.2, 0.25) is 0 Å². The van der Waals surface area contributed by atoms with Crippen LogP contribution in [0.1, 0.15) is 24.9 Å². The molecule has 2 rings (SSSR count). The van der Waals surface area contributed by atoms with Gasteiger partial charge in [0, 0.05) is 10.2 Å². The number of benzene rings is 2. The molecule has 0 aliphatic heterocycles. The highest BCUT2D eigenvalue weighted by Gasteiger charge is 2.10. The first-order valence-corrected chi connectivity index (χ1v) is 8.25. The monoisotopic (exact) mass is 382 g/mol. The Morgan fingerprint density at radius 1 is 1.24 bits per heavy atom. The Morgan fingerprint density at radius 2 is 1.95 bits per heavy atom. The van der Waals surface area contributed by atoms with Gasteiger partial charge in [-0.15, -0.1) is 0 Å². The summed E-state index contributed by atoms with van der Waals surface area (Å²) in [4.78, 5) is 0. The van der Waals surface area contributed by atoms with Crippen molar-refractivity contribution < 1.29 is 0 Å². The summed E-state index contributed by atoms with van der Waals surface area (Å²) >= 11 is 14.8. The van der Waals surface area contributed by atoms with Crippen LogP contribution < -0.4 is 10.6 Å². The molecule has 110 valence electrons. The molecule has 0 spiro atoms. The summed E-state index contributed by atoms with van der Waals surface area (Å²) in [6, 6.07) is 16.1. The molecule has 0 heterocycles. The molecule has 1 atom stereocenters. The minimum absolute atomic E-state index is 0.192. The van der Waals surface area contributed by atoms with Crippen molar-refractivity contribution in [1.82, 2.24) is 5.32 Å². The van der Waals surface area contributed by atoms with E-state index >= 15 is 0 Å². The zero-order valence-corrected chi connectivity index (χ0v) is 14.7. The highest BCUT2D eigenvalue weighted by atomic mass is 79.9. The molecule has 0 fully saturated rings. The summed E-state index contributed by atoms with van der Waals surface area (Å²) in [5.74, 6) is 0. The molecule has 0 saturated carbocycles. The lowest BCUT2D eigenvalue weighted by Gasteiger charge is -2.20. The van der Waals surface area contributed by atoms with Crippen LogP contribution in [0.15, 0.2) is 53.0 Å². The predicted molar refractivity (Wildman–Crippen MR) is 98.0 cm³/mol. The van der Waals surface area contributed by atoms with E-state index in [9.17, 15) is 0 Å². The first-order valence-electron chi connectivity index (χ1n) is 6.67. The van der Waals surface area contributed by atoms with Gasteiger partial charge in [0.15, 0.2) is 5.11 Å². The van der Waals surface area contributed by atoms with Crippen LogP contribution in [0.4, 0.5) is 5.69 Å². The third-order valence-corrected chi connectivity index (χ3v) is 4.55. The first-order chi connectivity index (χ1) is 10.1. The van der Waals surface area contributed by atoms with Gasteiger partial charge in [0.05, 0.1) is 11.1 Å². The van der Waals surface area contributed by atoms with Gasteiger partial charge in [0.25, 0.3) is 0 Å². The zero-order chi connectivity index (χ0) is 15.2. The molecular weight excluding hydrogens is 368 g/mol. The number of hydrogen-bond donors (Lipinski definition) is 2. The Kier molecular flexibility index (Phi) is 6.03. The van der Waals surface area contributed by atoms with Crippen LogP contribution >= 0.6 is 39.7 Å². The SMILES string of the molecule is CCC(NC(=S)Nc1ccc(Br)c(Cl)c1)c1ccccc1. The lowest BCUT2D eigenvalue weighted by atomic mass is 10.1. The maximum absolute atomic E-state index is 6.08. The fourth-order valence-corrected chi connectivity index (χ4v) is 2.69. The van der Waals surface area contributed by atoms with Crippen LogP contribution in [0.25, 0.3) is 0 Å². The highest BCUT2D eigenvalue weighted by molar-refractivity contribution is 9.10. The molecule has 5 heteroatoms. The lowest BCUT2D eigenvalue weighted by molar-refractivity contribution is 0.629. The van der Waals surface area contributed by atoms with E-state index in [1.807, 2.05) is 36.4 Å². The van der Waals surface area contributed by atoms with Gasteiger partial charge in [0.1, 0.15) is 0 Å². The fourth-order valence-electron chi connectivity index (χ4n) is 2.01. The van der Waals surface area contributed by atoms with Gasteiger partial charge < -0.3 is 10.6 Å². The van der Waals surface area contributed by atoms with E-state index in [1.165, 1.54) is 5.56 Å². The average molecular weight is 384 g/mol. The second-order valence-corrected chi connectivity index (χ2v) is 6.27. The number of thiocarbonyl (C=S) groups is 1. The number of anilines is 1. The van der Waals surface area contributed by atoms with Crippen molar-refractivity contribution >= 4 is 50.5 Å². The largest absolute Gasteiger partial charge is 0.356 e. The average Bonchev–Trinajstić information content (AvgIpc) is 2.49. The van der Waals surface area contributed by atoms with Gasteiger partial charge in [-0.1, -0.05) is 48.9 Å². The van der Waals surface area contributed by atoms with Crippen molar-refractivity contribution in [2.75, 3.05) is 5.32 Å². The maximum Gasteiger partial charge on any atom is 0.171 e. The molecule has 2 nitrogen and oxygen atoms in total. The number of hydrogen-bond acceptors (Lipinski definition) is 1. The van der Waals surface area contributed by atoms with Crippen molar-refractivity contribution in [1.29, 1.82) is 0 Å². The van der Waals surface area contributed by atoms with E-state index < -0.39 is 0 Å². The molecule has 0 aromatic heterocycles. The topological polar surface area (TPSA) is 24.1 Å². The lowest BCUT2D eigenvalue weighted by Crippen LogP contribution is -2.32. The Hall–Kier alpha value is -1.10. The third-order valence-electron chi connectivity index (χ3n) is 3.09. The predicted octanol–water partition coefficient (Wildman–Crippen LogP) is 5.54. The summed E-state index contributed by atoms with van der Waals surface area (Å²) in [5.41, 5.74) is 2.08. The van der Waals surface area contributed by atoms with Gasteiger partial charge in [-0.2, -0.15) is 0 Å². The van der Waals surface area contributed by atoms with Gasteiger partial charge in [-0.05, 0) is 58.3 Å². The molecule has 2 aromatic rings. The van der Waals surface area contributed by atoms with Crippen molar-refractivity contribution in [3.8, 4) is 0 Å². The molecule has 2 aromatic carbocycles. The number of nitrogens with one attached hydrogen (secondary N) is 2. The maximum atomic E-state index is 6.08. The third kappa shape index (κ3) is 4.70. The van der Waals surface area contributed by atoms with E-state index in [0.717, 1.165) is 16.6 Å². The first kappa shape index (κ1) is 16.3. The van der Waals surface area contributed by atoms with E-state index in [4.69, 9.17) is 23.8 Å². The standard InChI is InChI=1S/C16H16BrClN2S/c1-2-15(11-6-4-3-5-7-11)20-16(21)19-12-8-9-13(17)14(18)10-12/h3-10,15H,2H2,1H3,(H2,19,20,21). The van der Waals surface area contributed by atoms with Crippen LogP contribution in [0.2, 0.25) is 5.02 Å². The molecular formula is C16H16BrClN2S. The quantitative estimate of drug-likeness (QED) is 0.678. The molecule has 0 bridgehead atoms. The Labute approximate surface area is 144 Å². The second-order valence-electron chi connectivity index (χ2n) is 4.60. The van der Waals surface area contributed by atoms with E-state index in [-0.39, 0.29) is 6.04 Å². The Balaban J connectivity index is 2.01. The van der Waals surface area contributed by atoms with Gasteiger partial charge >= 0.3 is 0 Å². The molecule has 1 unspecified atom stereocenters. The molecule has 0 saturated heterocycles. The number of rotatable bonds is 4.